The Hall–Kier alpha value is -3.15. The summed E-state index contributed by atoms with van der Waals surface area (Å²) in [5.41, 5.74) is 6.70. The van der Waals surface area contributed by atoms with E-state index in [9.17, 15) is 4.79 Å². The summed E-state index contributed by atoms with van der Waals surface area (Å²) >= 11 is 0. The molecule has 5 nitrogen and oxygen atoms in total. The highest BCUT2D eigenvalue weighted by atomic mass is 16.5. The van der Waals surface area contributed by atoms with Crippen molar-refractivity contribution in [3.8, 4) is 5.75 Å². The van der Waals surface area contributed by atoms with Gasteiger partial charge in [-0.25, -0.2) is 0 Å². The molecule has 5 rings (SSSR count). The van der Waals surface area contributed by atoms with Crippen LogP contribution in [0.3, 0.4) is 0 Å². The van der Waals surface area contributed by atoms with Crippen LogP contribution in [0.1, 0.15) is 47.6 Å². The summed E-state index contributed by atoms with van der Waals surface area (Å²) in [7, 11) is 0. The normalized spacial score (nSPS) is 16.8. The van der Waals surface area contributed by atoms with Gasteiger partial charge in [0.25, 0.3) is 0 Å². The molecule has 5 heteroatoms. The van der Waals surface area contributed by atoms with Gasteiger partial charge in [0.1, 0.15) is 5.75 Å². The number of fused-ring (bicyclic) bond motifs is 1. The molecule has 2 aliphatic heterocycles. The third kappa shape index (κ3) is 7.00. The molecule has 0 aliphatic carbocycles. The first-order valence-corrected chi connectivity index (χ1v) is 13.7. The van der Waals surface area contributed by atoms with Gasteiger partial charge in [-0.2, -0.15) is 0 Å². The van der Waals surface area contributed by atoms with Crippen LogP contribution in [-0.4, -0.2) is 41.9 Å². The average molecular weight is 498 g/mol. The summed E-state index contributed by atoms with van der Waals surface area (Å²) < 4.78 is 5.63. The number of carbonyl (C=O) groups is 1. The van der Waals surface area contributed by atoms with Crippen molar-refractivity contribution in [1.82, 2.24) is 15.1 Å². The molecule has 1 fully saturated rings. The number of nitrogens with zero attached hydrogens (tertiary/aromatic N) is 2. The summed E-state index contributed by atoms with van der Waals surface area (Å²) in [5, 5.41) is 3.18. The Balaban J connectivity index is 1.04. The smallest absolute Gasteiger partial charge is 0.223 e. The molecular formula is C32H39N3O2. The predicted molar refractivity (Wildman–Crippen MR) is 148 cm³/mol. The highest BCUT2D eigenvalue weighted by Crippen LogP contribution is 2.22. The van der Waals surface area contributed by atoms with E-state index >= 15 is 0 Å². The number of rotatable bonds is 9. The molecule has 1 amide bonds. The molecular weight excluding hydrogens is 458 g/mol. The molecule has 2 aliphatic rings. The monoisotopic (exact) mass is 497 g/mol. The molecule has 0 radical (unpaired) electrons. The van der Waals surface area contributed by atoms with Gasteiger partial charge in [0.05, 0.1) is 6.61 Å². The van der Waals surface area contributed by atoms with Crippen LogP contribution in [0.2, 0.25) is 0 Å². The van der Waals surface area contributed by atoms with Crippen LogP contribution in [0.15, 0.2) is 72.8 Å². The number of piperidine rings is 1. The van der Waals surface area contributed by atoms with Crippen molar-refractivity contribution < 1.29 is 9.53 Å². The second-order valence-corrected chi connectivity index (χ2v) is 10.4. The van der Waals surface area contributed by atoms with Gasteiger partial charge in [0.2, 0.25) is 5.91 Å². The van der Waals surface area contributed by atoms with E-state index in [2.05, 4.69) is 81.8 Å². The summed E-state index contributed by atoms with van der Waals surface area (Å²) in [6.07, 6.45) is 2.95. The van der Waals surface area contributed by atoms with Crippen LogP contribution in [-0.2, 0) is 37.4 Å². The Morgan fingerprint density at radius 3 is 2.35 bits per heavy atom. The van der Waals surface area contributed by atoms with E-state index in [0.29, 0.717) is 13.2 Å². The Morgan fingerprint density at radius 2 is 1.57 bits per heavy atom. The van der Waals surface area contributed by atoms with Crippen LogP contribution in [0.4, 0.5) is 0 Å². The van der Waals surface area contributed by atoms with E-state index in [1.807, 2.05) is 13.0 Å². The third-order valence-corrected chi connectivity index (χ3v) is 7.68. The zero-order valence-electron chi connectivity index (χ0n) is 22.0. The third-order valence-electron chi connectivity index (χ3n) is 7.68. The maximum atomic E-state index is 12.8. The van der Waals surface area contributed by atoms with Crippen molar-refractivity contribution in [2.24, 2.45) is 5.92 Å². The van der Waals surface area contributed by atoms with Crippen LogP contribution in [0.5, 0.6) is 5.75 Å². The topological polar surface area (TPSA) is 44.8 Å². The fourth-order valence-corrected chi connectivity index (χ4v) is 5.56. The molecule has 0 atom stereocenters. The number of hydrogen-bond acceptors (Lipinski definition) is 4. The maximum absolute atomic E-state index is 12.8. The molecule has 3 aromatic rings. The van der Waals surface area contributed by atoms with Gasteiger partial charge in [-0.1, -0.05) is 60.7 Å². The lowest BCUT2D eigenvalue weighted by Gasteiger charge is -2.31. The number of amides is 1. The number of carbonyl (C=O) groups excluding carboxylic acids is 1. The highest BCUT2D eigenvalue weighted by Gasteiger charge is 2.25. The zero-order valence-corrected chi connectivity index (χ0v) is 22.0. The number of benzene rings is 3. The van der Waals surface area contributed by atoms with Crippen molar-refractivity contribution >= 4 is 5.91 Å². The van der Waals surface area contributed by atoms with Crippen LogP contribution >= 0.6 is 0 Å². The van der Waals surface area contributed by atoms with Gasteiger partial charge in [-0.15, -0.1) is 0 Å². The largest absolute Gasteiger partial charge is 0.494 e. The van der Waals surface area contributed by atoms with E-state index in [1.165, 1.54) is 22.3 Å². The van der Waals surface area contributed by atoms with Gasteiger partial charge in [0, 0.05) is 38.6 Å². The SMILES string of the molecule is CCOc1cccc(CN2CCC(C(=O)NCc3ccc(CN4CCc5ccccc5C4)cc3)CC2)c1. The van der Waals surface area contributed by atoms with Crippen molar-refractivity contribution in [3.05, 3.63) is 101 Å². The second-order valence-electron chi connectivity index (χ2n) is 10.4. The van der Waals surface area contributed by atoms with Gasteiger partial charge in [0.15, 0.2) is 0 Å². The Bertz CT molecular complexity index is 1170. The lowest BCUT2D eigenvalue weighted by atomic mass is 9.95. The van der Waals surface area contributed by atoms with Gasteiger partial charge >= 0.3 is 0 Å². The minimum Gasteiger partial charge on any atom is -0.494 e. The minimum absolute atomic E-state index is 0.104. The molecule has 0 spiro atoms. The predicted octanol–water partition coefficient (Wildman–Crippen LogP) is 5.17. The fourth-order valence-electron chi connectivity index (χ4n) is 5.56. The Labute approximate surface area is 221 Å². The first kappa shape index (κ1) is 25.5. The van der Waals surface area contributed by atoms with Crippen molar-refractivity contribution in [2.75, 3.05) is 26.2 Å². The molecule has 2 heterocycles. The Morgan fingerprint density at radius 1 is 0.838 bits per heavy atom. The molecule has 0 unspecified atom stereocenters. The van der Waals surface area contributed by atoms with Crippen molar-refractivity contribution in [2.45, 2.75) is 52.4 Å². The first-order valence-electron chi connectivity index (χ1n) is 13.7. The molecule has 194 valence electrons. The molecule has 1 saturated heterocycles. The summed E-state index contributed by atoms with van der Waals surface area (Å²) in [4.78, 5) is 17.8. The van der Waals surface area contributed by atoms with Crippen LogP contribution in [0.25, 0.3) is 0 Å². The van der Waals surface area contributed by atoms with E-state index in [1.54, 1.807) is 0 Å². The van der Waals surface area contributed by atoms with Gasteiger partial charge < -0.3 is 10.1 Å². The Kier molecular flexibility index (Phi) is 8.54. The van der Waals surface area contributed by atoms with Crippen LogP contribution < -0.4 is 10.1 Å². The molecule has 0 saturated carbocycles. The molecule has 37 heavy (non-hydrogen) atoms. The van der Waals surface area contributed by atoms with Gasteiger partial charge in [-0.3, -0.25) is 14.6 Å². The number of hydrogen-bond donors (Lipinski definition) is 1. The quantitative estimate of drug-likeness (QED) is 0.443. The van der Waals surface area contributed by atoms with E-state index in [4.69, 9.17) is 4.74 Å². The molecule has 0 aromatic heterocycles. The van der Waals surface area contributed by atoms with Gasteiger partial charge in [-0.05, 0) is 79.2 Å². The lowest BCUT2D eigenvalue weighted by Crippen LogP contribution is -2.40. The van der Waals surface area contributed by atoms with Crippen molar-refractivity contribution in [1.29, 1.82) is 0 Å². The average Bonchev–Trinajstić information content (AvgIpc) is 2.93. The van der Waals surface area contributed by atoms with Crippen molar-refractivity contribution in [3.63, 3.8) is 0 Å². The minimum atomic E-state index is 0.104. The van der Waals surface area contributed by atoms with Crippen LogP contribution in [0, 0.1) is 5.92 Å². The standard InChI is InChI=1S/C32H39N3O2/c1-2-37-31-9-5-6-27(20-31)23-34-17-15-29(16-18-34)32(36)33-21-25-10-12-26(13-11-25)22-35-19-14-28-7-3-4-8-30(28)24-35/h3-13,20,29H,2,14-19,21-24H2,1H3,(H,33,36). The fraction of sp³-hybridized carbons (Fsp3) is 0.406. The number of likely N-dealkylation sites (tertiary alicyclic amines) is 1. The highest BCUT2D eigenvalue weighted by molar-refractivity contribution is 5.78. The zero-order chi connectivity index (χ0) is 25.5. The number of nitrogens with one attached hydrogen (secondary N) is 1. The van der Waals surface area contributed by atoms with E-state index in [-0.39, 0.29) is 11.8 Å². The maximum Gasteiger partial charge on any atom is 0.223 e. The van der Waals surface area contributed by atoms with E-state index in [0.717, 1.165) is 69.8 Å². The molecule has 3 aromatic carbocycles. The lowest BCUT2D eigenvalue weighted by molar-refractivity contribution is -0.126. The van der Waals surface area contributed by atoms with E-state index < -0.39 is 0 Å². The molecule has 1 N–H and O–H groups in total. The summed E-state index contributed by atoms with van der Waals surface area (Å²) in [6, 6.07) is 25.8. The molecule has 0 bridgehead atoms. The summed E-state index contributed by atoms with van der Waals surface area (Å²) in [6.45, 7) is 9.19. The second kappa shape index (κ2) is 12.4. The summed E-state index contributed by atoms with van der Waals surface area (Å²) in [5.74, 6) is 1.22. The number of ether oxygens (including phenoxy) is 1. The first-order chi connectivity index (χ1) is 18.2.